The van der Waals surface area contributed by atoms with Crippen LogP contribution >= 0.6 is 0 Å². The average molecular weight is 196 g/mol. The summed E-state index contributed by atoms with van der Waals surface area (Å²) in [5, 5.41) is 3.11. The molecule has 0 amide bonds. The van der Waals surface area contributed by atoms with E-state index in [4.69, 9.17) is 9.15 Å². The second-order valence-corrected chi connectivity index (χ2v) is 3.15. The first-order chi connectivity index (χ1) is 6.81. The molecule has 2 rings (SSSR count). The van der Waals surface area contributed by atoms with Gasteiger partial charge in [-0.25, -0.2) is 9.78 Å². The molecule has 14 heavy (non-hydrogen) atoms. The van der Waals surface area contributed by atoms with Crippen molar-refractivity contribution in [1.29, 1.82) is 0 Å². The minimum absolute atomic E-state index is 0.258. The quantitative estimate of drug-likeness (QED) is 0.715. The molecule has 1 aliphatic heterocycles. The molecule has 5 heteroatoms. The maximum absolute atomic E-state index is 11.2. The predicted molar refractivity (Wildman–Crippen MR) is 48.1 cm³/mol. The van der Waals surface area contributed by atoms with E-state index < -0.39 is 5.97 Å². The van der Waals surface area contributed by atoms with Crippen LogP contribution in [0.3, 0.4) is 0 Å². The molecular weight excluding hydrogens is 184 g/mol. The largest absolute Gasteiger partial charge is 0.461 e. The number of esters is 1. The molecule has 0 saturated carbocycles. The van der Waals surface area contributed by atoms with Gasteiger partial charge in [0.25, 0.3) is 0 Å². The van der Waals surface area contributed by atoms with Gasteiger partial charge < -0.3 is 14.5 Å². The zero-order valence-electron chi connectivity index (χ0n) is 7.95. The highest BCUT2D eigenvalue weighted by Crippen LogP contribution is 2.18. The predicted octanol–water partition coefficient (Wildman–Crippen LogP) is 0.538. The van der Waals surface area contributed by atoms with Crippen molar-refractivity contribution in [2.24, 2.45) is 0 Å². The topological polar surface area (TPSA) is 64.4 Å². The van der Waals surface area contributed by atoms with E-state index in [0.717, 1.165) is 13.1 Å². The Labute approximate surface area is 81.5 Å². The van der Waals surface area contributed by atoms with Gasteiger partial charge in [0.15, 0.2) is 11.6 Å². The van der Waals surface area contributed by atoms with E-state index in [1.807, 2.05) is 0 Å². The van der Waals surface area contributed by atoms with Crippen molar-refractivity contribution in [2.75, 3.05) is 19.7 Å². The molecule has 1 saturated heterocycles. The number of carbonyl (C=O) groups is 1. The van der Waals surface area contributed by atoms with Gasteiger partial charge in [-0.3, -0.25) is 0 Å². The molecule has 0 bridgehead atoms. The first-order valence-electron chi connectivity index (χ1n) is 4.64. The van der Waals surface area contributed by atoms with Crippen LogP contribution in [0.4, 0.5) is 0 Å². The smallest absolute Gasteiger partial charge is 0.360 e. The molecule has 0 atom stereocenters. The van der Waals surface area contributed by atoms with Crippen molar-refractivity contribution in [1.82, 2.24) is 10.3 Å². The lowest BCUT2D eigenvalue weighted by atomic mass is 10.0. The third kappa shape index (κ3) is 1.63. The van der Waals surface area contributed by atoms with E-state index in [-0.39, 0.29) is 5.69 Å². The van der Waals surface area contributed by atoms with E-state index in [9.17, 15) is 4.79 Å². The highest BCUT2D eigenvalue weighted by atomic mass is 16.5. The first-order valence-corrected chi connectivity index (χ1v) is 4.64. The maximum atomic E-state index is 11.2. The van der Waals surface area contributed by atoms with E-state index in [0.29, 0.717) is 18.4 Å². The van der Waals surface area contributed by atoms with Gasteiger partial charge in [0, 0.05) is 13.1 Å². The zero-order chi connectivity index (χ0) is 9.97. The van der Waals surface area contributed by atoms with Gasteiger partial charge in [-0.05, 0) is 6.92 Å². The number of rotatable bonds is 3. The van der Waals surface area contributed by atoms with E-state index in [1.54, 1.807) is 6.92 Å². The molecule has 0 radical (unpaired) electrons. The van der Waals surface area contributed by atoms with Crippen LogP contribution in [-0.2, 0) is 4.74 Å². The molecule has 0 unspecified atom stereocenters. The molecule has 1 N–H and O–H groups in total. The van der Waals surface area contributed by atoms with Gasteiger partial charge >= 0.3 is 5.97 Å². The summed E-state index contributed by atoms with van der Waals surface area (Å²) < 4.78 is 9.98. The van der Waals surface area contributed by atoms with Crippen LogP contribution in [0.5, 0.6) is 0 Å². The highest BCUT2D eigenvalue weighted by Gasteiger charge is 2.25. The van der Waals surface area contributed by atoms with Crippen molar-refractivity contribution < 1.29 is 13.9 Å². The van der Waals surface area contributed by atoms with Gasteiger partial charge in [0.05, 0.1) is 12.5 Å². The first kappa shape index (κ1) is 9.21. The number of aromatic nitrogens is 1. The summed E-state index contributed by atoms with van der Waals surface area (Å²) in [6.45, 7) is 3.84. The zero-order valence-corrected chi connectivity index (χ0v) is 7.95. The van der Waals surface area contributed by atoms with E-state index in [2.05, 4.69) is 10.3 Å². The summed E-state index contributed by atoms with van der Waals surface area (Å²) in [5.74, 6) is 0.500. The summed E-state index contributed by atoms with van der Waals surface area (Å²) in [6.07, 6.45) is 1.35. The fourth-order valence-electron chi connectivity index (χ4n) is 1.24. The van der Waals surface area contributed by atoms with Crippen LogP contribution < -0.4 is 5.32 Å². The molecule has 1 aliphatic rings. The monoisotopic (exact) mass is 196 g/mol. The second kappa shape index (κ2) is 3.79. The molecule has 1 aromatic rings. The summed E-state index contributed by atoms with van der Waals surface area (Å²) in [7, 11) is 0. The van der Waals surface area contributed by atoms with Gasteiger partial charge in [-0.2, -0.15) is 0 Å². The number of hydrogen-bond acceptors (Lipinski definition) is 5. The summed E-state index contributed by atoms with van der Waals surface area (Å²) in [4.78, 5) is 15.3. The lowest BCUT2D eigenvalue weighted by Crippen LogP contribution is -2.40. The van der Waals surface area contributed by atoms with Crippen molar-refractivity contribution in [3.63, 3.8) is 0 Å². The number of nitrogens with one attached hydrogen (secondary N) is 1. The van der Waals surface area contributed by atoms with Gasteiger partial charge in [0.1, 0.15) is 6.26 Å². The molecule has 5 nitrogen and oxygen atoms in total. The molecule has 1 fully saturated rings. The fraction of sp³-hybridized carbons (Fsp3) is 0.556. The normalized spacial score (nSPS) is 16.4. The number of hydrogen-bond donors (Lipinski definition) is 1. The number of ether oxygens (including phenoxy) is 1. The number of nitrogens with zero attached hydrogens (tertiary/aromatic N) is 1. The number of carbonyl (C=O) groups excluding carboxylic acids is 1. The third-order valence-corrected chi connectivity index (χ3v) is 2.14. The third-order valence-electron chi connectivity index (χ3n) is 2.14. The highest BCUT2D eigenvalue weighted by molar-refractivity contribution is 5.86. The van der Waals surface area contributed by atoms with Crippen LogP contribution in [0.2, 0.25) is 0 Å². The Morgan fingerprint density at radius 1 is 1.79 bits per heavy atom. The van der Waals surface area contributed by atoms with Crippen molar-refractivity contribution >= 4 is 5.97 Å². The molecule has 2 heterocycles. The molecular formula is C9H12N2O3. The van der Waals surface area contributed by atoms with E-state index >= 15 is 0 Å². The van der Waals surface area contributed by atoms with Crippen molar-refractivity contribution in [3.05, 3.63) is 17.8 Å². The van der Waals surface area contributed by atoms with Crippen LogP contribution in [0.15, 0.2) is 10.7 Å². The molecule has 76 valence electrons. The second-order valence-electron chi connectivity index (χ2n) is 3.15. The Bertz CT molecular complexity index is 331. The van der Waals surface area contributed by atoms with Gasteiger partial charge in [0.2, 0.25) is 0 Å². The summed E-state index contributed by atoms with van der Waals surface area (Å²) >= 11 is 0. The molecule has 1 aromatic heterocycles. The lowest BCUT2D eigenvalue weighted by molar-refractivity contribution is 0.0519. The Morgan fingerprint density at radius 3 is 3.14 bits per heavy atom. The van der Waals surface area contributed by atoms with Crippen LogP contribution in [0, 0.1) is 0 Å². The van der Waals surface area contributed by atoms with Crippen LogP contribution in [0.1, 0.15) is 29.2 Å². The minimum Gasteiger partial charge on any atom is -0.461 e. The SMILES string of the molecule is CCOC(=O)c1coc(C2CNC2)n1. The maximum Gasteiger partial charge on any atom is 0.360 e. The van der Waals surface area contributed by atoms with Gasteiger partial charge in [-0.15, -0.1) is 0 Å². The lowest BCUT2D eigenvalue weighted by Gasteiger charge is -2.23. The minimum atomic E-state index is -0.421. The Hall–Kier alpha value is -1.36. The molecule has 0 aliphatic carbocycles. The van der Waals surface area contributed by atoms with Gasteiger partial charge in [-0.1, -0.05) is 0 Å². The Balaban J connectivity index is 2.05. The fourth-order valence-corrected chi connectivity index (χ4v) is 1.24. The molecule has 0 spiro atoms. The van der Waals surface area contributed by atoms with Crippen LogP contribution in [0.25, 0.3) is 0 Å². The summed E-state index contributed by atoms with van der Waals surface area (Å²) in [6, 6.07) is 0. The van der Waals surface area contributed by atoms with Crippen molar-refractivity contribution in [3.8, 4) is 0 Å². The number of oxazole rings is 1. The standard InChI is InChI=1S/C9H12N2O3/c1-2-13-9(12)7-5-14-8(11-7)6-3-10-4-6/h5-6,10H,2-4H2,1H3. The average Bonchev–Trinajstić information content (AvgIpc) is 2.50. The van der Waals surface area contributed by atoms with Crippen molar-refractivity contribution in [2.45, 2.75) is 12.8 Å². The van der Waals surface area contributed by atoms with Crippen LogP contribution in [-0.4, -0.2) is 30.6 Å². The Kier molecular flexibility index (Phi) is 2.49. The Morgan fingerprint density at radius 2 is 2.57 bits per heavy atom. The summed E-state index contributed by atoms with van der Waals surface area (Å²) in [5.41, 5.74) is 0.258. The molecule has 0 aromatic carbocycles. The van der Waals surface area contributed by atoms with E-state index in [1.165, 1.54) is 6.26 Å².